The van der Waals surface area contributed by atoms with Crippen molar-refractivity contribution in [3.63, 3.8) is 0 Å². The van der Waals surface area contributed by atoms with Crippen LogP contribution in [0.4, 0.5) is 0 Å². The van der Waals surface area contributed by atoms with Crippen LogP contribution in [-0.4, -0.2) is 56.9 Å². The standard InChI is InChI=1S/C19H29N3O3S/c1-19(2,3)20-18(23)16-21-11-7-12-22(14-13-21)26(24,25)15-10-17-8-5-4-6-9-17/h4-6,8-10,15H,7,11-14,16H2,1-3H3,(H,20,23)/p+1/b15-10+. The first-order chi connectivity index (χ1) is 12.2. The third-order valence-corrected chi connectivity index (χ3v) is 5.73. The van der Waals surface area contributed by atoms with Crippen LogP contribution >= 0.6 is 0 Å². The lowest BCUT2D eigenvalue weighted by Crippen LogP contribution is -3.13. The second-order valence-electron chi connectivity index (χ2n) is 7.74. The van der Waals surface area contributed by atoms with Gasteiger partial charge in [-0.2, -0.15) is 4.31 Å². The average molecular weight is 381 g/mol. The number of benzene rings is 1. The SMILES string of the molecule is CC(C)(C)NC(=O)C[NH+]1CCCN(S(=O)(=O)/C=C/c2ccccc2)CC1. The molecule has 0 radical (unpaired) electrons. The summed E-state index contributed by atoms with van der Waals surface area (Å²) in [7, 11) is -3.45. The van der Waals surface area contributed by atoms with Crippen molar-refractivity contribution in [1.29, 1.82) is 0 Å². The highest BCUT2D eigenvalue weighted by molar-refractivity contribution is 7.92. The minimum Gasteiger partial charge on any atom is -0.347 e. The van der Waals surface area contributed by atoms with Crippen LogP contribution in [-0.2, 0) is 14.8 Å². The minimum atomic E-state index is -3.45. The van der Waals surface area contributed by atoms with Gasteiger partial charge in [-0.1, -0.05) is 30.3 Å². The van der Waals surface area contributed by atoms with Gasteiger partial charge in [-0.05, 0) is 32.4 Å². The molecular weight excluding hydrogens is 350 g/mol. The summed E-state index contributed by atoms with van der Waals surface area (Å²) < 4.78 is 26.7. The number of carbonyl (C=O) groups excluding carboxylic acids is 1. The fourth-order valence-electron chi connectivity index (χ4n) is 2.96. The average Bonchev–Trinajstić information content (AvgIpc) is 2.78. The maximum Gasteiger partial charge on any atom is 0.275 e. The Morgan fingerprint density at radius 1 is 1.19 bits per heavy atom. The quantitative estimate of drug-likeness (QED) is 0.781. The van der Waals surface area contributed by atoms with Crippen LogP contribution in [0, 0.1) is 0 Å². The summed E-state index contributed by atoms with van der Waals surface area (Å²) in [5, 5.41) is 4.24. The molecule has 26 heavy (non-hydrogen) atoms. The predicted octanol–water partition coefficient (Wildman–Crippen LogP) is 0.492. The first-order valence-electron chi connectivity index (χ1n) is 9.04. The van der Waals surface area contributed by atoms with Crippen LogP contribution in [0.1, 0.15) is 32.8 Å². The summed E-state index contributed by atoms with van der Waals surface area (Å²) in [5.74, 6) is 0.00720. The Bertz CT molecular complexity index is 724. The summed E-state index contributed by atoms with van der Waals surface area (Å²) in [6.45, 7) is 8.60. The molecule has 1 aromatic rings. The molecule has 6 nitrogen and oxygen atoms in total. The van der Waals surface area contributed by atoms with E-state index < -0.39 is 10.0 Å². The zero-order valence-electron chi connectivity index (χ0n) is 15.9. The molecule has 1 heterocycles. The molecule has 144 valence electrons. The molecule has 0 saturated carbocycles. The molecule has 0 aliphatic carbocycles. The van der Waals surface area contributed by atoms with Crippen LogP contribution in [0.15, 0.2) is 35.7 Å². The van der Waals surface area contributed by atoms with Crippen molar-refractivity contribution in [2.45, 2.75) is 32.7 Å². The molecule has 2 N–H and O–H groups in total. The summed E-state index contributed by atoms with van der Waals surface area (Å²) >= 11 is 0. The number of hydrogen-bond acceptors (Lipinski definition) is 3. The van der Waals surface area contributed by atoms with Crippen molar-refractivity contribution in [3.8, 4) is 0 Å². The molecule has 7 heteroatoms. The molecule has 1 amide bonds. The van der Waals surface area contributed by atoms with E-state index in [1.54, 1.807) is 6.08 Å². The molecule has 1 aliphatic rings. The van der Waals surface area contributed by atoms with E-state index in [-0.39, 0.29) is 11.4 Å². The molecule has 1 unspecified atom stereocenters. The van der Waals surface area contributed by atoms with Gasteiger partial charge < -0.3 is 10.2 Å². The molecule has 0 spiro atoms. The van der Waals surface area contributed by atoms with Crippen LogP contribution in [0.2, 0.25) is 0 Å². The maximum atomic E-state index is 12.6. The van der Waals surface area contributed by atoms with Crippen molar-refractivity contribution in [2.24, 2.45) is 0 Å². The molecule has 0 bridgehead atoms. The number of nitrogens with zero attached hydrogens (tertiary/aromatic N) is 1. The van der Waals surface area contributed by atoms with Crippen LogP contribution in [0.25, 0.3) is 6.08 Å². The number of carbonyl (C=O) groups is 1. The molecule has 1 aromatic carbocycles. The second-order valence-corrected chi connectivity index (χ2v) is 9.55. The van der Waals surface area contributed by atoms with Crippen molar-refractivity contribution in [1.82, 2.24) is 9.62 Å². The lowest BCUT2D eigenvalue weighted by molar-refractivity contribution is -0.889. The maximum absolute atomic E-state index is 12.6. The van der Waals surface area contributed by atoms with Crippen molar-refractivity contribution < 1.29 is 18.1 Å². The summed E-state index contributed by atoms with van der Waals surface area (Å²) in [5.41, 5.74) is 0.608. The van der Waals surface area contributed by atoms with Gasteiger partial charge in [-0.25, -0.2) is 8.42 Å². The predicted molar refractivity (Wildman–Crippen MR) is 104 cm³/mol. The van der Waals surface area contributed by atoms with Gasteiger partial charge in [0.25, 0.3) is 5.91 Å². The third kappa shape index (κ3) is 6.90. The molecule has 1 atom stereocenters. The Hall–Kier alpha value is -1.70. The number of nitrogens with one attached hydrogen (secondary N) is 2. The number of hydrogen-bond donors (Lipinski definition) is 2. The molecule has 2 rings (SSSR count). The molecular formula is C19H30N3O3S+. The fourth-order valence-corrected chi connectivity index (χ4v) is 4.19. The van der Waals surface area contributed by atoms with E-state index in [1.165, 1.54) is 9.71 Å². The summed E-state index contributed by atoms with van der Waals surface area (Å²) in [6, 6.07) is 9.39. The zero-order valence-corrected chi connectivity index (χ0v) is 16.7. The van der Waals surface area contributed by atoms with E-state index in [1.807, 2.05) is 51.1 Å². The van der Waals surface area contributed by atoms with Gasteiger partial charge in [0.15, 0.2) is 6.54 Å². The molecule has 1 fully saturated rings. The van der Waals surface area contributed by atoms with Gasteiger partial charge in [0, 0.05) is 23.9 Å². The van der Waals surface area contributed by atoms with E-state index in [9.17, 15) is 13.2 Å². The molecule has 0 aromatic heterocycles. The number of sulfonamides is 1. The van der Waals surface area contributed by atoms with E-state index in [2.05, 4.69) is 5.32 Å². The van der Waals surface area contributed by atoms with Gasteiger partial charge in [-0.15, -0.1) is 0 Å². The third-order valence-electron chi connectivity index (χ3n) is 4.17. The lowest BCUT2D eigenvalue weighted by atomic mass is 10.1. The molecule has 1 aliphatic heterocycles. The second kappa shape index (κ2) is 8.79. The first kappa shape index (κ1) is 20.6. The monoisotopic (exact) mass is 380 g/mol. The highest BCUT2D eigenvalue weighted by Gasteiger charge is 2.26. The highest BCUT2D eigenvalue weighted by atomic mass is 32.2. The van der Waals surface area contributed by atoms with E-state index in [0.717, 1.165) is 23.4 Å². The largest absolute Gasteiger partial charge is 0.347 e. The number of quaternary nitrogens is 1. The van der Waals surface area contributed by atoms with Crippen LogP contribution in [0.3, 0.4) is 0 Å². The Morgan fingerprint density at radius 2 is 1.88 bits per heavy atom. The summed E-state index contributed by atoms with van der Waals surface area (Å²) in [4.78, 5) is 13.2. The highest BCUT2D eigenvalue weighted by Crippen LogP contribution is 2.09. The van der Waals surface area contributed by atoms with Gasteiger partial charge in [0.2, 0.25) is 10.0 Å². The Kier molecular flexibility index (Phi) is 6.97. The lowest BCUT2D eigenvalue weighted by Gasteiger charge is -2.23. The van der Waals surface area contributed by atoms with Crippen LogP contribution in [0.5, 0.6) is 0 Å². The zero-order chi connectivity index (χ0) is 19.2. The number of amides is 1. The Labute approximate surface area is 156 Å². The van der Waals surface area contributed by atoms with Crippen molar-refractivity contribution >= 4 is 22.0 Å². The van der Waals surface area contributed by atoms with Gasteiger partial charge in [0.05, 0.1) is 19.6 Å². The Balaban J connectivity index is 1.93. The summed E-state index contributed by atoms with van der Waals surface area (Å²) in [6.07, 6.45) is 2.37. The normalized spacial score (nSPS) is 20.0. The number of rotatable bonds is 5. The van der Waals surface area contributed by atoms with Crippen molar-refractivity contribution in [2.75, 3.05) is 32.7 Å². The van der Waals surface area contributed by atoms with Gasteiger partial charge >= 0.3 is 0 Å². The molecule has 1 saturated heterocycles. The Morgan fingerprint density at radius 3 is 2.54 bits per heavy atom. The van der Waals surface area contributed by atoms with Gasteiger partial charge in [0.1, 0.15) is 0 Å². The minimum absolute atomic E-state index is 0.00720. The first-order valence-corrected chi connectivity index (χ1v) is 10.5. The van der Waals surface area contributed by atoms with E-state index in [0.29, 0.717) is 26.2 Å². The van der Waals surface area contributed by atoms with Crippen LogP contribution < -0.4 is 10.2 Å². The topological polar surface area (TPSA) is 70.9 Å². The van der Waals surface area contributed by atoms with E-state index >= 15 is 0 Å². The van der Waals surface area contributed by atoms with Gasteiger partial charge in [-0.3, -0.25) is 4.79 Å². The van der Waals surface area contributed by atoms with Crippen molar-refractivity contribution in [3.05, 3.63) is 41.3 Å². The fraction of sp³-hybridized carbons (Fsp3) is 0.526. The van der Waals surface area contributed by atoms with E-state index in [4.69, 9.17) is 0 Å². The smallest absolute Gasteiger partial charge is 0.275 e.